The van der Waals surface area contributed by atoms with Crippen LogP contribution in [0.1, 0.15) is 55.3 Å². The Morgan fingerprint density at radius 2 is 1.71 bits per heavy atom. The Morgan fingerprint density at radius 3 is 2.29 bits per heavy atom. The maximum atomic E-state index is 13.2. The van der Waals surface area contributed by atoms with Gasteiger partial charge in [-0.1, -0.05) is 32.1 Å². The van der Waals surface area contributed by atoms with E-state index in [4.69, 9.17) is 0 Å². The van der Waals surface area contributed by atoms with Gasteiger partial charge in [-0.05, 0) is 31.0 Å². The summed E-state index contributed by atoms with van der Waals surface area (Å²) in [7, 11) is 0. The topological polar surface area (TPSA) is 52.9 Å². The molecule has 1 saturated carbocycles. The third-order valence-corrected chi connectivity index (χ3v) is 3.96. The van der Waals surface area contributed by atoms with Crippen molar-refractivity contribution >= 4 is 5.91 Å². The van der Waals surface area contributed by atoms with Crippen LogP contribution < -0.4 is 5.32 Å². The van der Waals surface area contributed by atoms with E-state index in [1.165, 1.54) is 6.07 Å². The van der Waals surface area contributed by atoms with E-state index in [-0.39, 0.29) is 5.56 Å². The van der Waals surface area contributed by atoms with E-state index in [2.05, 4.69) is 11.4 Å². The summed E-state index contributed by atoms with van der Waals surface area (Å²) in [5, 5.41) is 12.2. The Morgan fingerprint density at radius 1 is 1.10 bits per heavy atom. The summed E-state index contributed by atoms with van der Waals surface area (Å²) in [5.41, 5.74) is -0.867. The molecule has 0 aliphatic heterocycles. The molecule has 112 valence electrons. The Hall–Kier alpha value is -1.96. The first-order valence-corrected chi connectivity index (χ1v) is 7.25. The van der Waals surface area contributed by atoms with Crippen molar-refractivity contribution in [2.24, 2.45) is 0 Å². The minimum atomic E-state index is -1.06. The molecule has 3 nitrogen and oxygen atoms in total. The Bertz CT molecular complexity index is 558. The second-order valence-electron chi connectivity index (χ2n) is 5.54. The molecular weight excluding hydrogens is 274 g/mol. The molecule has 1 aromatic carbocycles. The molecule has 0 aromatic heterocycles. The Balaban J connectivity index is 2.14. The number of nitrogens with one attached hydrogen (secondary N) is 1. The van der Waals surface area contributed by atoms with Crippen molar-refractivity contribution in [3.8, 4) is 6.07 Å². The van der Waals surface area contributed by atoms with E-state index in [1.54, 1.807) is 0 Å². The summed E-state index contributed by atoms with van der Waals surface area (Å²) in [6.45, 7) is 0. The summed E-state index contributed by atoms with van der Waals surface area (Å²) in [6, 6.07) is 5.21. The number of rotatable bonds is 2. The first-order valence-electron chi connectivity index (χ1n) is 7.25. The summed E-state index contributed by atoms with van der Waals surface area (Å²) in [6.07, 6.45) is 6.20. The zero-order valence-electron chi connectivity index (χ0n) is 11.8. The van der Waals surface area contributed by atoms with Gasteiger partial charge in [-0.15, -0.1) is 0 Å². The van der Waals surface area contributed by atoms with Gasteiger partial charge in [-0.2, -0.15) is 5.26 Å². The monoisotopic (exact) mass is 292 g/mol. The molecule has 5 heteroatoms. The highest BCUT2D eigenvalue weighted by atomic mass is 19.2. The van der Waals surface area contributed by atoms with Gasteiger partial charge >= 0.3 is 0 Å². The second-order valence-corrected chi connectivity index (χ2v) is 5.54. The summed E-state index contributed by atoms with van der Waals surface area (Å²) in [4.78, 5) is 12.2. The largest absolute Gasteiger partial charge is 0.334 e. The van der Waals surface area contributed by atoms with Crippen LogP contribution in [0.5, 0.6) is 0 Å². The minimum Gasteiger partial charge on any atom is -0.334 e. The number of carbonyl (C=O) groups excluding carboxylic acids is 1. The first kappa shape index (κ1) is 15.4. The van der Waals surface area contributed by atoms with Gasteiger partial charge in [0.2, 0.25) is 0 Å². The molecular formula is C16H18F2N2O. The van der Waals surface area contributed by atoms with Gasteiger partial charge in [0.05, 0.1) is 6.07 Å². The molecule has 0 radical (unpaired) electrons. The lowest BCUT2D eigenvalue weighted by molar-refractivity contribution is 0.0907. The average molecular weight is 292 g/mol. The number of amides is 1. The Labute approximate surface area is 123 Å². The third kappa shape index (κ3) is 3.78. The zero-order valence-corrected chi connectivity index (χ0v) is 11.8. The highest BCUT2D eigenvalue weighted by Gasteiger charge is 2.32. The lowest BCUT2D eigenvalue weighted by Crippen LogP contribution is -2.47. The van der Waals surface area contributed by atoms with Gasteiger partial charge in [-0.3, -0.25) is 4.79 Å². The number of hydrogen-bond acceptors (Lipinski definition) is 2. The number of nitrogens with zero attached hydrogens (tertiary/aromatic N) is 1. The molecule has 1 amide bonds. The molecule has 0 saturated heterocycles. The van der Waals surface area contributed by atoms with Crippen molar-refractivity contribution in [1.82, 2.24) is 5.32 Å². The van der Waals surface area contributed by atoms with E-state index < -0.39 is 23.1 Å². The number of halogens is 2. The smallest absolute Gasteiger partial charge is 0.252 e. The van der Waals surface area contributed by atoms with E-state index >= 15 is 0 Å². The molecule has 1 aromatic rings. The zero-order chi connectivity index (χ0) is 15.3. The van der Waals surface area contributed by atoms with Crippen LogP contribution >= 0.6 is 0 Å². The van der Waals surface area contributed by atoms with Crippen LogP contribution in [0.2, 0.25) is 0 Å². The summed E-state index contributed by atoms with van der Waals surface area (Å²) in [5.74, 6) is -2.59. The fraction of sp³-hybridized carbons (Fsp3) is 0.500. The van der Waals surface area contributed by atoms with Crippen LogP contribution in [0.15, 0.2) is 18.2 Å². The molecule has 21 heavy (non-hydrogen) atoms. The summed E-state index contributed by atoms with van der Waals surface area (Å²) >= 11 is 0. The number of hydrogen-bond donors (Lipinski definition) is 1. The SMILES string of the molecule is N#CC1(NC(=O)c2ccc(F)c(F)c2)CCCCCCC1. The van der Waals surface area contributed by atoms with Gasteiger partial charge in [0, 0.05) is 5.56 Å². The average Bonchev–Trinajstić information content (AvgIpc) is 2.45. The number of carbonyl (C=O) groups is 1. The van der Waals surface area contributed by atoms with Crippen LogP contribution in [0.3, 0.4) is 0 Å². The van der Waals surface area contributed by atoms with Gasteiger partial charge in [-0.25, -0.2) is 8.78 Å². The van der Waals surface area contributed by atoms with Gasteiger partial charge in [0.25, 0.3) is 5.91 Å². The predicted octanol–water partition coefficient (Wildman–Crippen LogP) is 3.70. The van der Waals surface area contributed by atoms with Crippen molar-refractivity contribution in [3.63, 3.8) is 0 Å². The van der Waals surface area contributed by atoms with E-state index in [0.717, 1.165) is 44.2 Å². The van der Waals surface area contributed by atoms with E-state index in [9.17, 15) is 18.8 Å². The molecule has 1 aliphatic carbocycles. The Kier molecular flexibility index (Phi) is 4.89. The lowest BCUT2D eigenvalue weighted by Gasteiger charge is -2.29. The minimum absolute atomic E-state index is 0.0329. The molecule has 0 heterocycles. The number of nitriles is 1. The maximum absolute atomic E-state index is 13.2. The molecule has 2 rings (SSSR count). The molecule has 0 unspecified atom stereocenters. The van der Waals surface area contributed by atoms with Crippen LogP contribution in [-0.2, 0) is 0 Å². The molecule has 0 spiro atoms. The number of benzene rings is 1. The van der Waals surface area contributed by atoms with E-state index in [0.29, 0.717) is 12.8 Å². The second kappa shape index (κ2) is 6.66. The summed E-state index contributed by atoms with van der Waals surface area (Å²) < 4.78 is 26.1. The normalized spacial score (nSPS) is 18.1. The molecule has 1 N–H and O–H groups in total. The van der Waals surface area contributed by atoms with Gasteiger partial charge in [0.1, 0.15) is 5.54 Å². The lowest BCUT2D eigenvalue weighted by atomic mass is 9.85. The van der Waals surface area contributed by atoms with Crippen LogP contribution in [0.4, 0.5) is 8.78 Å². The molecule has 0 atom stereocenters. The van der Waals surface area contributed by atoms with Crippen molar-refractivity contribution in [3.05, 3.63) is 35.4 Å². The van der Waals surface area contributed by atoms with Crippen molar-refractivity contribution < 1.29 is 13.6 Å². The maximum Gasteiger partial charge on any atom is 0.252 e. The standard InChI is InChI=1S/C16H18F2N2O/c17-13-7-6-12(10-14(13)18)15(21)20-16(11-19)8-4-2-1-3-5-9-16/h6-7,10H,1-5,8-9H2,(H,20,21). The quantitative estimate of drug-likeness (QED) is 0.903. The first-order chi connectivity index (χ1) is 10.1. The highest BCUT2D eigenvalue weighted by Crippen LogP contribution is 2.26. The fourth-order valence-corrected chi connectivity index (χ4v) is 2.70. The highest BCUT2D eigenvalue weighted by molar-refractivity contribution is 5.94. The molecule has 1 aliphatic rings. The molecule has 0 bridgehead atoms. The van der Waals surface area contributed by atoms with Crippen LogP contribution in [-0.4, -0.2) is 11.4 Å². The van der Waals surface area contributed by atoms with Crippen LogP contribution in [0, 0.1) is 23.0 Å². The third-order valence-electron chi connectivity index (χ3n) is 3.96. The molecule has 1 fully saturated rings. The van der Waals surface area contributed by atoms with Crippen molar-refractivity contribution in [2.75, 3.05) is 0 Å². The van der Waals surface area contributed by atoms with E-state index in [1.807, 2.05) is 0 Å². The van der Waals surface area contributed by atoms with Crippen LogP contribution in [0.25, 0.3) is 0 Å². The van der Waals surface area contributed by atoms with Crippen molar-refractivity contribution in [1.29, 1.82) is 5.26 Å². The van der Waals surface area contributed by atoms with Gasteiger partial charge in [0.15, 0.2) is 11.6 Å². The predicted molar refractivity (Wildman–Crippen MR) is 74.5 cm³/mol. The van der Waals surface area contributed by atoms with Crippen molar-refractivity contribution in [2.45, 2.75) is 50.5 Å². The fourth-order valence-electron chi connectivity index (χ4n) is 2.70. The van der Waals surface area contributed by atoms with Gasteiger partial charge < -0.3 is 5.32 Å².